The van der Waals surface area contributed by atoms with Gasteiger partial charge in [-0.2, -0.15) is 0 Å². The Morgan fingerprint density at radius 1 is 0.382 bits per heavy atom. The van der Waals surface area contributed by atoms with Crippen LogP contribution in [0.15, 0.2) is 212 Å². The summed E-state index contributed by atoms with van der Waals surface area (Å²) in [4.78, 5) is 2.42. The predicted molar refractivity (Wildman–Crippen MR) is 231 cm³/mol. The molecule has 1 aliphatic carbocycles. The average molecular weight is 701 g/mol. The van der Waals surface area contributed by atoms with Crippen LogP contribution in [-0.4, -0.2) is 4.57 Å². The molecule has 11 rings (SSSR count). The highest BCUT2D eigenvalue weighted by molar-refractivity contribution is 6.19. The number of para-hydroxylation sites is 2. The quantitative estimate of drug-likeness (QED) is 0.168. The van der Waals surface area contributed by atoms with Crippen LogP contribution in [-0.2, 0) is 0 Å². The Kier molecular flexibility index (Phi) is 7.28. The molecule has 0 saturated carbocycles. The summed E-state index contributed by atoms with van der Waals surface area (Å²) in [5.74, 6) is 0.208. The number of hydrogen-bond acceptors (Lipinski definition) is 1. The van der Waals surface area contributed by atoms with Gasteiger partial charge in [0.1, 0.15) is 0 Å². The molecule has 2 heteroatoms. The van der Waals surface area contributed by atoms with Gasteiger partial charge >= 0.3 is 0 Å². The molecule has 258 valence electrons. The topological polar surface area (TPSA) is 8.17 Å². The van der Waals surface area contributed by atoms with Crippen LogP contribution in [0.5, 0.6) is 0 Å². The molecule has 1 heterocycles. The van der Waals surface area contributed by atoms with Gasteiger partial charge in [0.25, 0.3) is 0 Å². The predicted octanol–water partition coefficient (Wildman–Crippen LogP) is 14.2. The van der Waals surface area contributed by atoms with Gasteiger partial charge in [-0.3, -0.25) is 0 Å². The van der Waals surface area contributed by atoms with Gasteiger partial charge in [-0.1, -0.05) is 158 Å². The van der Waals surface area contributed by atoms with E-state index >= 15 is 0 Å². The zero-order chi connectivity index (χ0) is 36.3. The summed E-state index contributed by atoms with van der Waals surface area (Å²) in [6.45, 7) is 0. The highest BCUT2D eigenvalue weighted by Crippen LogP contribution is 2.50. The first-order valence-electron chi connectivity index (χ1n) is 19.1. The Hall–Kier alpha value is -7.16. The average Bonchev–Trinajstić information content (AvgIpc) is 3.78. The first kappa shape index (κ1) is 31.4. The van der Waals surface area contributed by atoms with Crippen molar-refractivity contribution < 1.29 is 0 Å². The van der Waals surface area contributed by atoms with Crippen molar-refractivity contribution in [2.45, 2.75) is 5.92 Å². The minimum Gasteiger partial charge on any atom is -0.310 e. The van der Waals surface area contributed by atoms with E-state index in [1.807, 2.05) is 0 Å². The molecule has 0 saturated heterocycles. The number of benzene rings is 9. The zero-order valence-corrected chi connectivity index (χ0v) is 30.2. The molecule has 0 spiro atoms. The van der Waals surface area contributed by atoms with Crippen LogP contribution >= 0.6 is 0 Å². The van der Waals surface area contributed by atoms with E-state index in [1.54, 1.807) is 0 Å². The van der Waals surface area contributed by atoms with E-state index in [0.717, 1.165) is 22.7 Å². The molecule has 0 radical (unpaired) electrons. The lowest BCUT2D eigenvalue weighted by molar-refractivity contribution is 1.01. The van der Waals surface area contributed by atoms with Crippen LogP contribution in [0.25, 0.3) is 60.5 Å². The molecular formula is C53H36N2. The Morgan fingerprint density at radius 3 is 1.80 bits per heavy atom. The molecule has 1 aromatic heterocycles. The number of rotatable bonds is 6. The summed E-state index contributed by atoms with van der Waals surface area (Å²) in [5, 5.41) is 4.96. The van der Waals surface area contributed by atoms with Gasteiger partial charge in [0, 0.05) is 44.8 Å². The van der Waals surface area contributed by atoms with Gasteiger partial charge in [-0.05, 0) is 98.9 Å². The van der Waals surface area contributed by atoms with Crippen molar-refractivity contribution >= 4 is 49.6 Å². The van der Waals surface area contributed by atoms with Gasteiger partial charge in [0.15, 0.2) is 0 Å². The van der Waals surface area contributed by atoms with Crippen LogP contribution in [0.4, 0.5) is 17.1 Å². The number of nitrogens with zero attached hydrogens (tertiary/aromatic N) is 2. The Labute approximate surface area is 320 Å². The van der Waals surface area contributed by atoms with Crippen LogP contribution in [0.3, 0.4) is 0 Å². The highest BCUT2D eigenvalue weighted by atomic mass is 15.1. The van der Waals surface area contributed by atoms with Crippen LogP contribution in [0.2, 0.25) is 0 Å². The number of aromatic nitrogens is 1. The minimum atomic E-state index is 0.208. The third-order valence-corrected chi connectivity index (χ3v) is 11.4. The summed E-state index contributed by atoms with van der Waals surface area (Å²) in [5.41, 5.74) is 16.0. The molecule has 1 atom stereocenters. The SMILES string of the molecule is c1ccc(-c2ccc(N(c3ccc4c(c3)-c3ccccc3C4c3ccccc3)c3ccc4c(ccc5c6ccccc6n(-c6ccccc6)c45)c3)cc2)cc1. The molecule has 0 bridgehead atoms. The zero-order valence-electron chi connectivity index (χ0n) is 30.2. The lowest BCUT2D eigenvalue weighted by Crippen LogP contribution is -2.10. The summed E-state index contributed by atoms with van der Waals surface area (Å²) >= 11 is 0. The van der Waals surface area contributed by atoms with Crippen molar-refractivity contribution in [3.05, 3.63) is 229 Å². The molecule has 9 aromatic carbocycles. The molecule has 0 fully saturated rings. The third-order valence-electron chi connectivity index (χ3n) is 11.4. The molecule has 10 aromatic rings. The highest BCUT2D eigenvalue weighted by Gasteiger charge is 2.30. The van der Waals surface area contributed by atoms with Crippen molar-refractivity contribution in [1.82, 2.24) is 4.57 Å². The van der Waals surface area contributed by atoms with E-state index in [0.29, 0.717) is 0 Å². The van der Waals surface area contributed by atoms with Crippen molar-refractivity contribution in [3.63, 3.8) is 0 Å². The van der Waals surface area contributed by atoms with Gasteiger partial charge in [-0.15, -0.1) is 0 Å². The van der Waals surface area contributed by atoms with Crippen LogP contribution in [0, 0.1) is 0 Å². The fourth-order valence-corrected chi connectivity index (χ4v) is 8.98. The molecule has 0 N–H and O–H groups in total. The number of fused-ring (bicyclic) bond motifs is 8. The van der Waals surface area contributed by atoms with E-state index in [1.165, 1.54) is 71.5 Å². The van der Waals surface area contributed by atoms with E-state index in [9.17, 15) is 0 Å². The molecule has 0 amide bonds. The second-order valence-corrected chi connectivity index (χ2v) is 14.5. The van der Waals surface area contributed by atoms with Gasteiger partial charge in [0.2, 0.25) is 0 Å². The third kappa shape index (κ3) is 5.10. The normalized spacial score (nSPS) is 13.3. The largest absolute Gasteiger partial charge is 0.310 e. The number of hydrogen-bond donors (Lipinski definition) is 0. The first-order chi connectivity index (χ1) is 27.3. The van der Waals surface area contributed by atoms with Crippen LogP contribution in [0.1, 0.15) is 22.6 Å². The monoisotopic (exact) mass is 700 g/mol. The Balaban J connectivity index is 1.11. The van der Waals surface area contributed by atoms with Crippen molar-refractivity contribution in [1.29, 1.82) is 0 Å². The molecule has 55 heavy (non-hydrogen) atoms. The maximum atomic E-state index is 2.42. The van der Waals surface area contributed by atoms with E-state index < -0.39 is 0 Å². The second-order valence-electron chi connectivity index (χ2n) is 14.5. The van der Waals surface area contributed by atoms with Gasteiger partial charge < -0.3 is 9.47 Å². The molecule has 2 nitrogen and oxygen atoms in total. The lowest BCUT2D eigenvalue weighted by atomic mass is 9.89. The Bertz CT molecular complexity index is 3020. The maximum Gasteiger partial charge on any atom is 0.0619 e. The van der Waals surface area contributed by atoms with E-state index in [4.69, 9.17) is 0 Å². The van der Waals surface area contributed by atoms with Gasteiger partial charge in [0.05, 0.1) is 11.0 Å². The summed E-state index contributed by atoms with van der Waals surface area (Å²) in [6.07, 6.45) is 0. The first-order valence-corrected chi connectivity index (χ1v) is 19.1. The molecular weight excluding hydrogens is 665 g/mol. The van der Waals surface area contributed by atoms with Gasteiger partial charge in [-0.25, -0.2) is 0 Å². The van der Waals surface area contributed by atoms with Crippen LogP contribution < -0.4 is 4.90 Å². The fraction of sp³-hybridized carbons (Fsp3) is 0.0189. The summed E-state index contributed by atoms with van der Waals surface area (Å²) in [7, 11) is 0. The smallest absolute Gasteiger partial charge is 0.0619 e. The van der Waals surface area contributed by atoms with Crippen molar-refractivity contribution in [2.24, 2.45) is 0 Å². The molecule has 1 unspecified atom stereocenters. The van der Waals surface area contributed by atoms with Crippen molar-refractivity contribution in [3.8, 4) is 27.9 Å². The standard InChI is InChI=1S/C53H36N2/c1-4-14-36(15-5-1)37-24-27-41(28-25-37)54(43-30-33-48-50(35-43)45-20-10-11-22-47(45)52(48)38-16-6-2-7-17-38)42-29-32-44-39(34-42)26-31-49-46-21-12-13-23-51(46)55(53(44)49)40-18-8-3-9-19-40/h1-35,52H. The Morgan fingerprint density at radius 2 is 0.982 bits per heavy atom. The molecule has 0 aliphatic heterocycles. The maximum absolute atomic E-state index is 2.42. The minimum absolute atomic E-state index is 0.208. The van der Waals surface area contributed by atoms with Crippen molar-refractivity contribution in [2.75, 3.05) is 4.90 Å². The second kappa shape index (κ2) is 12.8. The fourth-order valence-electron chi connectivity index (χ4n) is 8.98. The lowest BCUT2D eigenvalue weighted by Gasteiger charge is -2.27. The number of anilines is 3. The summed E-state index contributed by atoms with van der Waals surface area (Å²) < 4.78 is 2.42. The van der Waals surface area contributed by atoms with E-state index in [2.05, 4.69) is 222 Å². The summed E-state index contributed by atoms with van der Waals surface area (Å²) in [6, 6.07) is 77.6. The van der Waals surface area contributed by atoms with E-state index in [-0.39, 0.29) is 5.92 Å². The molecule has 1 aliphatic rings.